The van der Waals surface area contributed by atoms with E-state index in [2.05, 4.69) is 22.4 Å². The van der Waals surface area contributed by atoms with Crippen LogP contribution in [0.3, 0.4) is 0 Å². The van der Waals surface area contributed by atoms with Gasteiger partial charge in [-0.15, -0.1) is 0 Å². The first-order valence-corrected chi connectivity index (χ1v) is 3.17. The molecular weight excluding hydrogens is 172 g/mol. The van der Waals surface area contributed by atoms with Gasteiger partial charge in [-0.2, -0.15) is 0 Å². The summed E-state index contributed by atoms with van der Waals surface area (Å²) in [6.07, 6.45) is 0. The van der Waals surface area contributed by atoms with Crippen molar-refractivity contribution in [1.82, 2.24) is 4.90 Å². The Kier molecular flexibility index (Phi) is 10.5. The van der Waals surface area contributed by atoms with Gasteiger partial charge in [-0.05, 0) is 23.8 Å². The topological polar surface area (TPSA) is 32.7 Å². The fourth-order valence-corrected chi connectivity index (χ4v) is 0. The summed E-state index contributed by atoms with van der Waals surface area (Å²) in [4.78, 5) is 14.4. The maximum absolute atomic E-state index is 9.83. The molecule has 0 aromatic rings. The molecule has 3 nitrogen and oxygen atoms in total. The number of thiocarbonyl (C=S) groups is 1. The highest BCUT2D eigenvalue weighted by Gasteiger charge is 1.91. The van der Waals surface area contributed by atoms with Crippen LogP contribution in [0.15, 0.2) is 4.99 Å². The lowest BCUT2D eigenvalue weighted by Crippen LogP contribution is -2.13. The lowest BCUT2D eigenvalue weighted by molar-refractivity contribution is 0.240. The number of aliphatic imine (C=N–C) groups is 1. The Bertz CT molecular complexity index is 143. The van der Waals surface area contributed by atoms with E-state index in [0.717, 1.165) is 0 Å². The van der Waals surface area contributed by atoms with E-state index < -0.39 is 5.37 Å². The van der Waals surface area contributed by atoms with Gasteiger partial charge in [-0.25, -0.2) is 4.99 Å². The van der Waals surface area contributed by atoms with Crippen molar-refractivity contribution in [2.45, 2.75) is 0 Å². The molecule has 0 spiro atoms. The SMILES string of the molecule is CN(C)C(=O)Cl.CN=C=S. The quantitative estimate of drug-likeness (QED) is 0.246. The number of halogens is 1. The number of rotatable bonds is 0. The standard InChI is InChI=1S/C3H6ClNO.C2H3NS/c1-5(2)3(4)6;1-3-2-4/h1-2H3;1H3. The number of hydrogen-bond donors (Lipinski definition) is 0. The van der Waals surface area contributed by atoms with Gasteiger partial charge in [-0.3, -0.25) is 4.79 Å². The lowest BCUT2D eigenvalue weighted by Gasteiger charge is -1.99. The highest BCUT2D eigenvalue weighted by Crippen LogP contribution is 1.83. The molecule has 0 heterocycles. The molecule has 0 saturated heterocycles. The van der Waals surface area contributed by atoms with Gasteiger partial charge < -0.3 is 4.90 Å². The molecule has 0 radical (unpaired) electrons. The molecule has 0 N–H and O–H groups in total. The number of hydrogen-bond acceptors (Lipinski definition) is 3. The average Bonchev–Trinajstić information content (AvgIpc) is 1.89. The molecule has 10 heavy (non-hydrogen) atoms. The third-order valence-electron chi connectivity index (χ3n) is 0.443. The van der Waals surface area contributed by atoms with E-state index >= 15 is 0 Å². The van der Waals surface area contributed by atoms with E-state index in [1.165, 1.54) is 4.90 Å². The van der Waals surface area contributed by atoms with Gasteiger partial charge in [0.25, 0.3) is 0 Å². The van der Waals surface area contributed by atoms with Crippen molar-refractivity contribution in [3.05, 3.63) is 0 Å². The summed E-state index contributed by atoms with van der Waals surface area (Å²) in [5.41, 5.74) is 0. The molecule has 0 bridgehead atoms. The van der Waals surface area contributed by atoms with Gasteiger partial charge in [0.1, 0.15) is 0 Å². The van der Waals surface area contributed by atoms with Gasteiger partial charge in [0, 0.05) is 21.1 Å². The van der Waals surface area contributed by atoms with Crippen LogP contribution in [0.4, 0.5) is 4.79 Å². The molecule has 0 atom stereocenters. The van der Waals surface area contributed by atoms with Crippen LogP contribution < -0.4 is 0 Å². The van der Waals surface area contributed by atoms with Crippen LogP contribution in [-0.4, -0.2) is 36.6 Å². The normalized spacial score (nSPS) is 6.40. The van der Waals surface area contributed by atoms with Crippen LogP contribution >= 0.6 is 23.8 Å². The molecule has 0 rings (SSSR count). The van der Waals surface area contributed by atoms with Gasteiger partial charge in [0.05, 0.1) is 5.16 Å². The van der Waals surface area contributed by atoms with Gasteiger partial charge in [0.15, 0.2) is 0 Å². The molecule has 0 fully saturated rings. The summed E-state index contributed by atoms with van der Waals surface area (Å²) in [6, 6.07) is 0. The zero-order valence-corrected chi connectivity index (χ0v) is 7.66. The van der Waals surface area contributed by atoms with Crippen molar-refractivity contribution in [2.75, 3.05) is 21.1 Å². The maximum Gasteiger partial charge on any atom is 0.315 e. The van der Waals surface area contributed by atoms with Crippen LogP contribution in [0.5, 0.6) is 0 Å². The largest absolute Gasteiger partial charge is 0.335 e. The molecule has 1 amide bonds. The van der Waals surface area contributed by atoms with Crippen LogP contribution in [0.1, 0.15) is 0 Å². The molecule has 0 aromatic carbocycles. The highest BCUT2D eigenvalue weighted by atomic mass is 35.5. The number of carbonyl (C=O) groups excluding carboxylic acids is 1. The molecule has 0 aliphatic carbocycles. The second-order valence-electron chi connectivity index (χ2n) is 1.46. The number of isothiocyanates is 1. The van der Waals surface area contributed by atoms with E-state index in [4.69, 9.17) is 11.6 Å². The van der Waals surface area contributed by atoms with Crippen molar-refractivity contribution in [3.63, 3.8) is 0 Å². The van der Waals surface area contributed by atoms with Crippen molar-refractivity contribution < 1.29 is 4.79 Å². The van der Waals surface area contributed by atoms with Crippen LogP contribution in [0, 0.1) is 0 Å². The number of carbonyl (C=O) groups is 1. The molecule has 5 heteroatoms. The van der Waals surface area contributed by atoms with E-state index in [1.54, 1.807) is 21.1 Å². The Morgan fingerprint density at radius 2 is 1.90 bits per heavy atom. The summed E-state index contributed by atoms with van der Waals surface area (Å²) in [6.45, 7) is 0. The monoisotopic (exact) mass is 180 g/mol. The van der Waals surface area contributed by atoms with Crippen molar-refractivity contribution in [2.24, 2.45) is 4.99 Å². The third-order valence-corrected chi connectivity index (χ3v) is 0.964. The third kappa shape index (κ3) is 15.6. The molecule has 0 aromatic heterocycles. The first-order chi connectivity index (χ1) is 4.56. The van der Waals surface area contributed by atoms with Crippen molar-refractivity contribution in [3.8, 4) is 0 Å². The Morgan fingerprint density at radius 1 is 1.70 bits per heavy atom. The summed E-state index contributed by atoms with van der Waals surface area (Å²) < 4.78 is 0. The zero-order chi connectivity index (χ0) is 8.57. The second-order valence-corrected chi connectivity index (χ2v) is 1.97. The number of nitrogens with zero attached hydrogens (tertiary/aromatic N) is 2. The second kappa shape index (κ2) is 8.56. The Balaban J connectivity index is 0. The van der Waals surface area contributed by atoms with E-state index in [0.29, 0.717) is 0 Å². The van der Waals surface area contributed by atoms with Crippen molar-refractivity contribution >= 4 is 34.3 Å². The Labute approximate surface area is 70.7 Å². The minimum absolute atomic E-state index is 0.435. The minimum Gasteiger partial charge on any atom is -0.335 e. The minimum atomic E-state index is -0.435. The van der Waals surface area contributed by atoms with Gasteiger partial charge in [-0.1, -0.05) is 0 Å². The van der Waals surface area contributed by atoms with E-state index in [-0.39, 0.29) is 0 Å². The first kappa shape index (κ1) is 12.3. The van der Waals surface area contributed by atoms with Crippen LogP contribution in [0.25, 0.3) is 0 Å². The fourth-order valence-electron chi connectivity index (χ4n) is 0. The molecule has 0 unspecified atom stereocenters. The van der Waals surface area contributed by atoms with E-state index in [9.17, 15) is 4.79 Å². The zero-order valence-electron chi connectivity index (χ0n) is 6.09. The maximum atomic E-state index is 9.83. The van der Waals surface area contributed by atoms with Gasteiger partial charge in [0.2, 0.25) is 0 Å². The summed E-state index contributed by atoms with van der Waals surface area (Å²) >= 11 is 9.04. The number of amides is 1. The smallest absolute Gasteiger partial charge is 0.315 e. The lowest BCUT2D eigenvalue weighted by atomic mass is 11.0. The average molecular weight is 181 g/mol. The fraction of sp³-hybridized carbons (Fsp3) is 0.600. The Hall–Kier alpha value is -0.440. The van der Waals surface area contributed by atoms with Crippen LogP contribution in [-0.2, 0) is 0 Å². The van der Waals surface area contributed by atoms with Gasteiger partial charge >= 0.3 is 5.37 Å². The molecule has 0 aliphatic rings. The summed E-state index contributed by atoms with van der Waals surface area (Å²) in [5, 5.41) is 1.70. The predicted molar refractivity (Wildman–Crippen MR) is 45.9 cm³/mol. The molecular formula is C5H9ClN2OS. The highest BCUT2D eigenvalue weighted by molar-refractivity contribution is 7.78. The van der Waals surface area contributed by atoms with Crippen molar-refractivity contribution in [1.29, 1.82) is 0 Å². The van der Waals surface area contributed by atoms with E-state index in [1.807, 2.05) is 0 Å². The molecule has 58 valence electrons. The molecule has 0 saturated carbocycles. The predicted octanol–water partition coefficient (Wildman–Crippen LogP) is 1.63. The molecule has 0 aliphatic heterocycles. The summed E-state index contributed by atoms with van der Waals surface area (Å²) in [5.74, 6) is 0. The first-order valence-electron chi connectivity index (χ1n) is 2.39. The Morgan fingerprint density at radius 3 is 1.90 bits per heavy atom. The van der Waals surface area contributed by atoms with Crippen LogP contribution in [0.2, 0.25) is 0 Å². The summed E-state index contributed by atoms with van der Waals surface area (Å²) in [7, 11) is 4.78.